The Morgan fingerprint density at radius 2 is 1.75 bits per heavy atom. The van der Waals surface area contributed by atoms with Gasteiger partial charge in [0.25, 0.3) is 0 Å². The average molecular weight is 290 g/mol. The van der Waals surface area contributed by atoms with Crippen LogP contribution in [0.15, 0.2) is 35.1 Å². The summed E-state index contributed by atoms with van der Waals surface area (Å²) in [6.07, 6.45) is 2.28. The van der Waals surface area contributed by atoms with Crippen LogP contribution in [-0.4, -0.2) is 23.0 Å². The second-order valence-electron chi connectivity index (χ2n) is 4.95. The summed E-state index contributed by atoms with van der Waals surface area (Å²) >= 11 is 1.34. The Morgan fingerprint density at radius 1 is 1.10 bits per heavy atom. The minimum absolute atomic E-state index is 0.0341. The number of rotatable bonds is 7. The third-order valence-corrected chi connectivity index (χ3v) is 4.10. The number of hydrogen-bond donors (Lipinski definition) is 1. The zero-order chi connectivity index (χ0) is 14.4. The van der Waals surface area contributed by atoms with Crippen molar-refractivity contribution in [2.75, 3.05) is 13.1 Å². The van der Waals surface area contributed by atoms with Crippen molar-refractivity contribution >= 4 is 11.3 Å². The van der Waals surface area contributed by atoms with E-state index in [1.165, 1.54) is 11.3 Å². The maximum Gasteiger partial charge on any atom is 0.305 e. The fraction of sp³-hybridized carbons (Fsp3) is 0.438. The SMILES string of the molecule is CCCN(CCC)Cc1sc(=O)[nH]c1-c1ccccc1. The van der Waals surface area contributed by atoms with Gasteiger partial charge in [0.1, 0.15) is 0 Å². The predicted molar refractivity (Wildman–Crippen MR) is 86.2 cm³/mol. The van der Waals surface area contributed by atoms with Crippen LogP contribution in [0, 0.1) is 0 Å². The third kappa shape index (κ3) is 3.81. The van der Waals surface area contributed by atoms with Gasteiger partial charge < -0.3 is 4.98 Å². The second-order valence-corrected chi connectivity index (χ2v) is 6.02. The van der Waals surface area contributed by atoms with Gasteiger partial charge in [-0.3, -0.25) is 9.69 Å². The zero-order valence-electron chi connectivity index (χ0n) is 12.2. The molecule has 2 rings (SSSR count). The fourth-order valence-electron chi connectivity index (χ4n) is 2.41. The number of nitrogens with one attached hydrogen (secondary N) is 1. The fourth-order valence-corrected chi connectivity index (χ4v) is 3.31. The molecule has 3 nitrogen and oxygen atoms in total. The number of thiazole rings is 1. The molecule has 2 aromatic rings. The summed E-state index contributed by atoms with van der Waals surface area (Å²) in [5.74, 6) is 0. The van der Waals surface area contributed by atoms with Gasteiger partial charge in [0.2, 0.25) is 0 Å². The Bertz CT molecular complexity index is 568. The molecule has 0 unspecified atom stereocenters. The average Bonchev–Trinajstić information content (AvgIpc) is 2.81. The lowest BCUT2D eigenvalue weighted by Crippen LogP contribution is -2.24. The van der Waals surface area contributed by atoms with Crippen molar-refractivity contribution in [2.24, 2.45) is 0 Å². The van der Waals surface area contributed by atoms with Crippen LogP contribution in [0.4, 0.5) is 0 Å². The molecule has 0 bridgehead atoms. The van der Waals surface area contributed by atoms with Crippen LogP contribution in [0.2, 0.25) is 0 Å². The van der Waals surface area contributed by atoms with Crippen molar-refractivity contribution in [2.45, 2.75) is 33.2 Å². The molecule has 4 heteroatoms. The molecule has 0 aliphatic heterocycles. The van der Waals surface area contributed by atoms with Gasteiger partial charge in [-0.05, 0) is 31.5 Å². The maximum atomic E-state index is 11.7. The van der Waals surface area contributed by atoms with Crippen molar-refractivity contribution in [1.82, 2.24) is 9.88 Å². The van der Waals surface area contributed by atoms with Crippen molar-refractivity contribution in [1.29, 1.82) is 0 Å². The molecule has 0 saturated carbocycles. The van der Waals surface area contributed by atoms with Crippen LogP contribution in [0.5, 0.6) is 0 Å². The highest BCUT2D eigenvalue weighted by atomic mass is 32.1. The zero-order valence-corrected chi connectivity index (χ0v) is 13.0. The Morgan fingerprint density at radius 3 is 2.35 bits per heavy atom. The normalized spacial score (nSPS) is 11.2. The first-order valence-electron chi connectivity index (χ1n) is 7.24. The molecule has 0 atom stereocenters. The number of hydrogen-bond acceptors (Lipinski definition) is 3. The molecule has 0 spiro atoms. The lowest BCUT2D eigenvalue weighted by Gasteiger charge is -2.20. The van der Waals surface area contributed by atoms with Crippen LogP contribution < -0.4 is 4.87 Å². The van der Waals surface area contributed by atoms with E-state index in [-0.39, 0.29) is 4.87 Å². The lowest BCUT2D eigenvalue weighted by molar-refractivity contribution is 0.269. The molecule has 0 fully saturated rings. The van der Waals surface area contributed by atoms with E-state index in [9.17, 15) is 4.79 Å². The van der Waals surface area contributed by atoms with Gasteiger partial charge in [0.15, 0.2) is 0 Å². The van der Waals surface area contributed by atoms with E-state index in [1.807, 2.05) is 30.3 Å². The van der Waals surface area contributed by atoms with Crippen LogP contribution >= 0.6 is 11.3 Å². The Balaban J connectivity index is 2.25. The van der Waals surface area contributed by atoms with E-state index in [0.717, 1.165) is 48.6 Å². The highest BCUT2D eigenvalue weighted by molar-refractivity contribution is 7.09. The van der Waals surface area contributed by atoms with E-state index in [2.05, 4.69) is 23.7 Å². The van der Waals surface area contributed by atoms with Gasteiger partial charge in [-0.15, -0.1) is 0 Å². The van der Waals surface area contributed by atoms with Gasteiger partial charge in [-0.25, -0.2) is 0 Å². The Labute approximate surface area is 124 Å². The molecule has 0 amide bonds. The standard InChI is InChI=1S/C16H22N2OS/c1-3-10-18(11-4-2)12-14-15(17-16(19)20-14)13-8-6-5-7-9-13/h5-9H,3-4,10-12H2,1-2H3,(H,17,19). The molecule has 0 aliphatic rings. The first-order valence-corrected chi connectivity index (χ1v) is 8.06. The molecule has 1 heterocycles. The van der Waals surface area contributed by atoms with Crippen LogP contribution in [0.3, 0.4) is 0 Å². The predicted octanol–water partition coefficient (Wildman–Crippen LogP) is 3.73. The van der Waals surface area contributed by atoms with Gasteiger partial charge >= 0.3 is 4.87 Å². The molecular weight excluding hydrogens is 268 g/mol. The van der Waals surface area contributed by atoms with Crippen molar-refractivity contribution in [3.63, 3.8) is 0 Å². The second kappa shape index (κ2) is 7.41. The monoisotopic (exact) mass is 290 g/mol. The van der Waals surface area contributed by atoms with E-state index in [1.54, 1.807) is 0 Å². The number of benzene rings is 1. The summed E-state index contributed by atoms with van der Waals surface area (Å²) in [6.45, 7) is 7.40. The van der Waals surface area contributed by atoms with Gasteiger partial charge in [0, 0.05) is 11.4 Å². The van der Waals surface area contributed by atoms with Crippen molar-refractivity contribution < 1.29 is 0 Å². The van der Waals surface area contributed by atoms with E-state index in [0.29, 0.717) is 0 Å². The summed E-state index contributed by atoms with van der Waals surface area (Å²) in [5, 5.41) is 0. The molecule has 20 heavy (non-hydrogen) atoms. The largest absolute Gasteiger partial charge is 0.312 e. The summed E-state index contributed by atoms with van der Waals surface area (Å²) in [6, 6.07) is 10.1. The summed E-state index contributed by atoms with van der Waals surface area (Å²) < 4.78 is 0. The molecular formula is C16H22N2OS. The maximum absolute atomic E-state index is 11.7. The minimum Gasteiger partial charge on any atom is -0.312 e. The lowest BCUT2D eigenvalue weighted by atomic mass is 10.1. The van der Waals surface area contributed by atoms with Gasteiger partial charge in [0.05, 0.1) is 5.69 Å². The van der Waals surface area contributed by atoms with Gasteiger partial charge in [-0.2, -0.15) is 0 Å². The van der Waals surface area contributed by atoms with E-state index < -0.39 is 0 Å². The highest BCUT2D eigenvalue weighted by Gasteiger charge is 2.13. The third-order valence-electron chi connectivity index (χ3n) is 3.23. The molecule has 0 radical (unpaired) electrons. The quantitative estimate of drug-likeness (QED) is 0.843. The number of nitrogens with zero attached hydrogens (tertiary/aromatic N) is 1. The first-order chi connectivity index (χ1) is 9.74. The summed E-state index contributed by atoms with van der Waals surface area (Å²) in [5.41, 5.74) is 2.08. The molecule has 0 aliphatic carbocycles. The molecule has 108 valence electrons. The summed E-state index contributed by atoms with van der Waals surface area (Å²) in [4.78, 5) is 18.3. The smallest absolute Gasteiger partial charge is 0.305 e. The molecule has 1 aromatic carbocycles. The molecule has 1 N–H and O–H groups in total. The molecule has 0 saturated heterocycles. The first kappa shape index (κ1) is 15.0. The van der Waals surface area contributed by atoms with Crippen molar-refractivity contribution in [3.8, 4) is 11.3 Å². The van der Waals surface area contributed by atoms with Crippen LogP contribution in [0.1, 0.15) is 31.6 Å². The topological polar surface area (TPSA) is 36.1 Å². The highest BCUT2D eigenvalue weighted by Crippen LogP contribution is 2.24. The number of aromatic amines is 1. The van der Waals surface area contributed by atoms with E-state index in [4.69, 9.17) is 0 Å². The van der Waals surface area contributed by atoms with E-state index >= 15 is 0 Å². The Kier molecular flexibility index (Phi) is 5.56. The van der Waals surface area contributed by atoms with Crippen LogP contribution in [-0.2, 0) is 6.54 Å². The number of H-pyrrole nitrogens is 1. The van der Waals surface area contributed by atoms with Gasteiger partial charge in [-0.1, -0.05) is 55.5 Å². The minimum atomic E-state index is 0.0341. The Hall–Kier alpha value is -1.39. The number of aromatic nitrogens is 1. The van der Waals surface area contributed by atoms with Crippen LogP contribution in [0.25, 0.3) is 11.3 Å². The molecule has 1 aromatic heterocycles. The van der Waals surface area contributed by atoms with Crippen molar-refractivity contribution in [3.05, 3.63) is 44.9 Å². The summed E-state index contributed by atoms with van der Waals surface area (Å²) in [7, 11) is 0.